The summed E-state index contributed by atoms with van der Waals surface area (Å²) in [7, 11) is 1.89. The summed E-state index contributed by atoms with van der Waals surface area (Å²) >= 11 is 0. The van der Waals surface area contributed by atoms with Gasteiger partial charge in [0.05, 0.1) is 12.5 Å². The first kappa shape index (κ1) is 18.5. The predicted molar refractivity (Wildman–Crippen MR) is 84.6 cm³/mol. The van der Waals surface area contributed by atoms with Gasteiger partial charge in [0.25, 0.3) is 0 Å². The Morgan fingerprint density at radius 1 is 1.36 bits per heavy atom. The highest BCUT2D eigenvalue weighted by molar-refractivity contribution is 5.93. The molecule has 0 aliphatic rings. The Hall–Kier alpha value is -1.59. The second-order valence-corrected chi connectivity index (χ2v) is 5.37. The third-order valence-corrected chi connectivity index (χ3v) is 3.59. The molecule has 0 saturated carbocycles. The van der Waals surface area contributed by atoms with Gasteiger partial charge in [-0.05, 0) is 30.5 Å². The van der Waals surface area contributed by atoms with Crippen molar-refractivity contribution in [3.63, 3.8) is 0 Å². The van der Waals surface area contributed by atoms with Gasteiger partial charge in [0.1, 0.15) is 12.1 Å². The number of hydrazine groups is 1. The molecule has 0 bridgehead atoms. The maximum Gasteiger partial charge on any atom is 0.158 e. The molecule has 0 amide bonds. The fourth-order valence-electron chi connectivity index (χ4n) is 2.61. The largest absolute Gasteiger partial charge is 0.303 e. The number of aldehydes is 1. The van der Waals surface area contributed by atoms with E-state index in [1.54, 1.807) is 6.07 Å². The predicted octanol–water partition coefficient (Wildman–Crippen LogP) is 2.82. The van der Waals surface area contributed by atoms with Crippen LogP contribution in [0.25, 0.3) is 0 Å². The molecule has 0 N–H and O–H groups in total. The lowest BCUT2D eigenvalue weighted by Crippen LogP contribution is -2.50. The Kier molecular flexibility index (Phi) is 7.91. The van der Waals surface area contributed by atoms with Gasteiger partial charge in [0.15, 0.2) is 5.78 Å². The summed E-state index contributed by atoms with van der Waals surface area (Å²) in [5, 5.41) is 3.92. The number of benzene rings is 1. The monoisotopic (exact) mass is 308 g/mol. The molecule has 0 saturated heterocycles. The minimum absolute atomic E-state index is 0.0630. The summed E-state index contributed by atoms with van der Waals surface area (Å²) in [4.78, 5) is 22.8. The Morgan fingerprint density at radius 2 is 2.09 bits per heavy atom. The maximum atomic E-state index is 13.3. The van der Waals surface area contributed by atoms with Crippen LogP contribution < -0.4 is 0 Å². The molecular weight excluding hydrogens is 283 g/mol. The van der Waals surface area contributed by atoms with Crippen molar-refractivity contribution in [3.8, 4) is 0 Å². The average Bonchev–Trinajstić information content (AvgIpc) is 2.47. The van der Waals surface area contributed by atoms with Crippen molar-refractivity contribution in [3.05, 3.63) is 35.6 Å². The Labute approximate surface area is 131 Å². The fraction of sp³-hybridized carbons (Fsp3) is 0.529. The van der Waals surface area contributed by atoms with E-state index in [0.717, 1.165) is 18.5 Å². The molecule has 22 heavy (non-hydrogen) atoms. The van der Waals surface area contributed by atoms with Crippen LogP contribution in [0.2, 0.25) is 0 Å². The number of rotatable bonds is 10. The van der Waals surface area contributed by atoms with Gasteiger partial charge in [-0.2, -0.15) is 0 Å². The minimum Gasteiger partial charge on any atom is -0.303 e. The van der Waals surface area contributed by atoms with Gasteiger partial charge in [-0.3, -0.25) is 4.79 Å². The number of nitrogens with zero attached hydrogens (tertiary/aromatic N) is 2. The van der Waals surface area contributed by atoms with Gasteiger partial charge in [0, 0.05) is 20.1 Å². The van der Waals surface area contributed by atoms with E-state index in [1.807, 2.05) is 37.0 Å². The molecule has 1 aromatic rings. The van der Waals surface area contributed by atoms with E-state index in [2.05, 4.69) is 0 Å². The summed E-state index contributed by atoms with van der Waals surface area (Å²) < 4.78 is 13.3. The highest BCUT2D eigenvalue weighted by atomic mass is 19.1. The lowest BCUT2D eigenvalue weighted by Gasteiger charge is -2.37. The van der Waals surface area contributed by atoms with Crippen LogP contribution in [0.15, 0.2) is 24.3 Å². The molecule has 0 fully saturated rings. The highest BCUT2D eigenvalue weighted by Crippen LogP contribution is 2.14. The zero-order chi connectivity index (χ0) is 16.5. The number of ketones is 1. The third kappa shape index (κ3) is 5.31. The van der Waals surface area contributed by atoms with Crippen LogP contribution in [0.3, 0.4) is 0 Å². The van der Waals surface area contributed by atoms with Crippen LogP contribution in [0.5, 0.6) is 0 Å². The molecule has 1 atom stereocenters. The quantitative estimate of drug-likeness (QED) is 0.379. The molecule has 5 heteroatoms. The SMILES string of the molecule is CCCN([C@@H](CC)C(=O)CC=O)N(C)Cc1cccc(F)c1. The second kappa shape index (κ2) is 9.43. The van der Waals surface area contributed by atoms with Crippen molar-refractivity contribution in [1.82, 2.24) is 10.0 Å². The number of carbonyl (C=O) groups is 2. The summed E-state index contributed by atoms with van der Waals surface area (Å²) in [6.45, 7) is 5.21. The first-order valence-corrected chi connectivity index (χ1v) is 7.71. The van der Waals surface area contributed by atoms with Crippen LogP contribution in [0, 0.1) is 5.82 Å². The molecule has 0 radical (unpaired) electrons. The molecule has 1 rings (SSSR count). The van der Waals surface area contributed by atoms with Crippen molar-refractivity contribution in [2.45, 2.75) is 45.7 Å². The molecule has 0 spiro atoms. The standard InChI is InChI=1S/C17H25FN2O2/c1-4-10-20(16(5-2)17(22)9-11-21)19(3)13-14-7-6-8-15(18)12-14/h6-8,11-12,16H,4-5,9-10,13H2,1-3H3/t16-/m0/s1. The molecule has 0 unspecified atom stereocenters. The Balaban J connectivity index is 2.87. The lowest BCUT2D eigenvalue weighted by molar-refractivity contribution is -0.135. The maximum absolute atomic E-state index is 13.3. The summed E-state index contributed by atoms with van der Waals surface area (Å²) in [6.07, 6.45) is 2.12. The lowest BCUT2D eigenvalue weighted by atomic mass is 10.1. The van der Waals surface area contributed by atoms with Crippen molar-refractivity contribution < 1.29 is 14.0 Å². The normalized spacial score (nSPS) is 12.6. The van der Waals surface area contributed by atoms with Crippen LogP contribution in [-0.2, 0) is 16.1 Å². The third-order valence-electron chi connectivity index (χ3n) is 3.59. The molecule has 1 aromatic carbocycles. The van der Waals surface area contributed by atoms with Crippen molar-refractivity contribution in [2.75, 3.05) is 13.6 Å². The van der Waals surface area contributed by atoms with E-state index in [1.165, 1.54) is 12.1 Å². The molecule has 122 valence electrons. The second-order valence-electron chi connectivity index (χ2n) is 5.37. The number of halogens is 1. The molecule has 4 nitrogen and oxygen atoms in total. The van der Waals surface area contributed by atoms with Gasteiger partial charge >= 0.3 is 0 Å². The van der Waals surface area contributed by atoms with Crippen molar-refractivity contribution in [1.29, 1.82) is 0 Å². The molecule has 0 heterocycles. The summed E-state index contributed by atoms with van der Waals surface area (Å²) in [6, 6.07) is 6.13. The Bertz CT molecular complexity index is 493. The van der Waals surface area contributed by atoms with E-state index in [9.17, 15) is 14.0 Å². The van der Waals surface area contributed by atoms with E-state index in [4.69, 9.17) is 0 Å². The van der Waals surface area contributed by atoms with Crippen LogP contribution >= 0.6 is 0 Å². The van der Waals surface area contributed by atoms with Crippen LogP contribution in [0.4, 0.5) is 4.39 Å². The van der Waals surface area contributed by atoms with Gasteiger partial charge in [-0.15, -0.1) is 0 Å². The number of hydrogen-bond donors (Lipinski definition) is 0. The summed E-state index contributed by atoms with van der Waals surface area (Å²) in [5.41, 5.74) is 0.848. The summed E-state index contributed by atoms with van der Waals surface area (Å²) in [5.74, 6) is -0.339. The highest BCUT2D eigenvalue weighted by Gasteiger charge is 2.26. The Morgan fingerprint density at radius 3 is 2.64 bits per heavy atom. The van der Waals surface area contributed by atoms with Crippen molar-refractivity contribution >= 4 is 12.1 Å². The molecular formula is C17H25FN2O2. The number of carbonyl (C=O) groups excluding carboxylic acids is 2. The van der Waals surface area contributed by atoms with Crippen LogP contribution in [0.1, 0.15) is 38.7 Å². The average molecular weight is 308 g/mol. The zero-order valence-electron chi connectivity index (χ0n) is 13.6. The molecule has 0 aliphatic carbocycles. The van der Waals surface area contributed by atoms with Gasteiger partial charge in [-0.1, -0.05) is 26.0 Å². The van der Waals surface area contributed by atoms with E-state index in [-0.39, 0.29) is 24.1 Å². The fourth-order valence-corrected chi connectivity index (χ4v) is 2.61. The number of hydrogen-bond acceptors (Lipinski definition) is 4. The first-order valence-electron chi connectivity index (χ1n) is 7.71. The molecule has 0 aromatic heterocycles. The van der Waals surface area contributed by atoms with E-state index < -0.39 is 0 Å². The van der Waals surface area contributed by atoms with Gasteiger partial charge in [0.2, 0.25) is 0 Å². The molecule has 0 aliphatic heterocycles. The topological polar surface area (TPSA) is 40.6 Å². The minimum atomic E-state index is -0.316. The smallest absolute Gasteiger partial charge is 0.158 e. The van der Waals surface area contributed by atoms with Crippen LogP contribution in [-0.4, -0.2) is 41.7 Å². The van der Waals surface area contributed by atoms with E-state index in [0.29, 0.717) is 19.3 Å². The number of Topliss-reactive ketones (excluding diaryl/α,β-unsaturated/α-hetero) is 1. The zero-order valence-corrected chi connectivity index (χ0v) is 13.6. The van der Waals surface area contributed by atoms with Crippen molar-refractivity contribution in [2.24, 2.45) is 0 Å². The van der Waals surface area contributed by atoms with Gasteiger partial charge in [-0.25, -0.2) is 14.4 Å². The van der Waals surface area contributed by atoms with Gasteiger partial charge < -0.3 is 4.79 Å². The van der Waals surface area contributed by atoms with E-state index >= 15 is 0 Å². The first-order chi connectivity index (χ1) is 10.5.